The maximum absolute atomic E-state index is 12.4. The fraction of sp³-hybridized carbons (Fsp3) is 0.238. The average Bonchev–Trinajstić information content (AvgIpc) is 3.18. The third kappa shape index (κ3) is 5.80. The van der Waals surface area contributed by atoms with Crippen molar-refractivity contribution >= 4 is 56.1 Å². The molecule has 3 rings (SSSR count). The SMILES string of the molecule is CC(NC(=O)COC(=O)[C@H](C)NS(=O)(=O)c1ccc(Cl)c(Cl)c1)c1cc2ccccc2o1. The predicted octanol–water partition coefficient (Wildman–Crippen LogP) is 3.83. The monoisotopic (exact) mass is 498 g/mol. The van der Waals surface area contributed by atoms with E-state index in [1.54, 1.807) is 6.92 Å². The highest BCUT2D eigenvalue weighted by Gasteiger charge is 2.24. The van der Waals surface area contributed by atoms with Gasteiger partial charge in [-0.3, -0.25) is 9.59 Å². The predicted molar refractivity (Wildman–Crippen MR) is 120 cm³/mol. The van der Waals surface area contributed by atoms with Crippen molar-refractivity contribution in [3.05, 3.63) is 64.3 Å². The second kappa shape index (κ2) is 9.91. The first-order valence-electron chi connectivity index (χ1n) is 9.48. The van der Waals surface area contributed by atoms with Crippen LogP contribution in [0.25, 0.3) is 11.0 Å². The molecule has 2 aromatic carbocycles. The zero-order chi connectivity index (χ0) is 23.5. The maximum atomic E-state index is 12.4. The summed E-state index contributed by atoms with van der Waals surface area (Å²) in [7, 11) is -4.06. The zero-order valence-corrected chi connectivity index (χ0v) is 19.4. The Morgan fingerprint density at radius 1 is 1.06 bits per heavy atom. The Hall–Kier alpha value is -2.59. The van der Waals surface area contributed by atoms with Crippen LogP contribution in [0, 0.1) is 0 Å². The molecule has 2 N–H and O–H groups in total. The number of rotatable bonds is 8. The van der Waals surface area contributed by atoms with Crippen LogP contribution in [0.1, 0.15) is 25.6 Å². The minimum atomic E-state index is -4.06. The van der Waals surface area contributed by atoms with E-state index in [1.165, 1.54) is 19.1 Å². The fourth-order valence-electron chi connectivity index (χ4n) is 2.82. The molecule has 0 spiro atoms. The number of halogens is 2. The summed E-state index contributed by atoms with van der Waals surface area (Å²) < 4.78 is 37.6. The van der Waals surface area contributed by atoms with E-state index >= 15 is 0 Å². The van der Waals surface area contributed by atoms with Crippen LogP contribution in [-0.2, 0) is 24.3 Å². The molecule has 0 fully saturated rings. The molecule has 0 aliphatic rings. The lowest BCUT2D eigenvalue weighted by Gasteiger charge is -2.15. The molecule has 3 aromatic rings. The Labute approximate surface area is 194 Å². The number of amides is 1. The summed E-state index contributed by atoms with van der Waals surface area (Å²) in [5.74, 6) is -0.931. The normalized spacial score (nSPS) is 13.5. The van der Waals surface area contributed by atoms with Crippen LogP contribution in [0.5, 0.6) is 0 Å². The van der Waals surface area contributed by atoms with Crippen molar-refractivity contribution in [3.8, 4) is 0 Å². The minimum Gasteiger partial charge on any atom is -0.459 e. The van der Waals surface area contributed by atoms with Gasteiger partial charge in [0.2, 0.25) is 10.0 Å². The van der Waals surface area contributed by atoms with E-state index in [0.717, 1.165) is 11.5 Å². The van der Waals surface area contributed by atoms with Gasteiger partial charge in [-0.05, 0) is 44.2 Å². The van der Waals surface area contributed by atoms with Crippen LogP contribution in [-0.4, -0.2) is 32.9 Å². The van der Waals surface area contributed by atoms with E-state index in [1.807, 2.05) is 30.3 Å². The van der Waals surface area contributed by atoms with Crippen molar-refractivity contribution < 1.29 is 27.2 Å². The summed E-state index contributed by atoms with van der Waals surface area (Å²) in [6.07, 6.45) is 0. The molecule has 0 aliphatic heterocycles. The molecule has 1 aromatic heterocycles. The summed E-state index contributed by atoms with van der Waals surface area (Å²) >= 11 is 11.6. The van der Waals surface area contributed by atoms with Gasteiger partial charge in [0.25, 0.3) is 5.91 Å². The Morgan fingerprint density at radius 3 is 2.47 bits per heavy atom. The van der Waals surface area contributed by atoms with Gasteiger partial charge in [0.15, 0.2) is 6.61 Å². The van der Waals surface area contributed by atoms with Gasteiger partial charge in [0, 0.05) is 5.39 Å². The number of nitrogens with one attached hydrogen (secondary N) is 2. The summed E-state index contributed by atoms with van der Waals surface area (Å²) in [5.41, 5.74) is 0.693. The Morgan fingerprint density at radius 2 is 1.78 bits per heavy atom. The topological polar surface area (TPSA) is 115 Å². The summed E-state index contributed by atoms with van der Waals surface area (Å²) in [6, 6.07) is 11.3. The molecule has 1 unspecified atom stereocenters. The van der Waals surface area contributed by atoms with Crippen molar-refractivity contribution in [2.75, 3.05) is 6.61 Å². The number of sulfonamides is 1. The van der Waals surface area contributed by atoms with Crippen LogP contribution in [0.2, 0.25) is 10.0 Å². The summed E-state index contributed by atoms with van der Waals surface area (Å²) in [6.45, 7) is 2.44. The standard InChI is InChI=1S/C21H20Cl2N2O6S/c1-12(19-9-14-5-3-4-6-18(14)31-19)24-20(26)11-30-21(27)13(2)25-32(28,29)15-7-8-16(22)17(23)10-15/h3-10,12-13,25H,11H2,1-2H3,(H,24,26)/t12?,13-/m0/s1. The highest BCUT2D eigenvalue weighted by molar-refractivity contribution is 7.89. The average molecular weight is 499 g/mol. The van der Waals surface area contributed by atoms with Crippen molar-refractivity contribution in [3.63, 3.8) is 0 Å². The molecule has 32 heavy (non-hydrogen) atoms. The number of carbonyl (C=O) groups is 2. The Balaban J connectivity index is 1.52. The molecule has 170 valence electrons. The lowest BCUT2D eigenvalue weighted by molar-refractivity contribution is -0.150. The first-order valence-corrected chi connectivity index (χ1v) is 11.7. The third-order valence-corrected chi connectivity index (χ3v) is 6.76. The number of para-hydroxylation sites is 1. The second-order valence-electron chi connectivity index (χ2n) is 7.00. The van der Waals surface area contributed by atoms with Crippen molar-refractivity contribution in [1.29, 1.82) is 0 Å². The first-order chi connectivity index (χ1) is 15.1. The number of furan rings is 1. The van der Waals surface area contributed by atoms with E-state index in [4.69, 9.17) is 32.4 Å². The van der Waals surface area contributed by atoms with E-state index in [2.05, 4.69) is 10.0 Å². The Kier molecular flexibility index (Phi) is 7.45. The number of fused-ring (bicyclic) bond motifs is 1. The molecule has 8 nitrogen and oxygen atoms in total. The van der Waals surface area contributed by atoms with Crippen LogP contribution >= 0.6 is 23.2 Å². The van der Waals surface area contributed by atoms with Crippen LogP contribution in [0.3, 0.4) is 0 Å². The lowest BCUT2D eigenvalue weighted by atomic mass is 10.2. The van der Waals surface area contributed by atoms with Gasteiger partial charge < -0.3 is 14.5 Å². The molecular weight excluding hydrogens is 479 g/mol. The number of hydrogen-bond donors (Lipinski definition) is 2. The molecule has 1 heterocycles. The molecule has 2 atom stereocenters. The van der Waals surface area contributed by atoms with Crippen molar-refractivity contribution in [1.82, 2.24) is 10.0 Å². The van der Waals surface area contributed by atoms with Gasteiger partial charge in [0.1, 0.15) is 17.4 Å². The largest absolute Gasteiger partial charge is 0.459 e. The molecule has 1 amide bonds. The van der Waals surface area contributed by atoms with Crippen LogP contribution in [0.15, 0.2) is 57.8 Å². The first kappa shape index (κ1) is 24.1. The number of carbonyl (C=O) groups excluding carboxylic acids is 2. The summed E-state index contributed by atoms with van der Waals surface area (Å²) in [5, 5.41) is 3.81. The van der Waals surface area contributed by atoms with Gasteiger partial charge in [-0.25, -0.2) is 8.42 Å². The van der Waals surface area contributed by atoms with Gasteiger partial charge in [-0.1, -0.05) is 41.4 Å². The minimum absolute atomic E-state index is 0.0556. The molecule has 0 radical (unpaired) electrons. The fourth-order valence-corrected chi connectivity index (χ4v) is 4.41. The molecule has 0 saturated carbocycles. The van der Waals surface area contributed by atoms with Crippen LogP contribution in [0.4, 0.5) is 0 Å². The van der Waals surface area contributed by atoms with E-state index < -0.39 is 40.6 Å². The van der Waals surface area contributed by atoms with E-state index in [-0.39, 0.29) is 14.9 Å². The molecule has 0 aliphatic carbocycles. The lowest BCUT2D eigenvalue weighted by Crippen LogP contribution is -2.41. The molecule has 11 heteroatoms. The van der Waals surface area contributed by atoms with Crippen LogP contribution < -0.4 is 10.0 Å². The van der Waals surface area contributed by atoms with Gasteiger partial charge in [-0.2, -0.15) is 4.72 Å². The number of benzene rings is 2. The molecular formula is C21H20Cl2N2O6S. The number of esters is 1. The van der Waals surface area contributed by atoms with Crippen molar-refractivity contribution in [2.24, 2.45) is 0 Å². The van der Waals surface area contributed by atoms with E-state index in [9.17, 15) is 18.0 Å². The van der Waals surface area contributed by atoms with Gasteiger partial charge in [0.05, 0.1) is 21.0 Å². The van der Waals surface area contributed by atoms with Gasteiger partial charge in [-0.15, -0.1) is 0 Å². The quantitative estimate of drug-likeness (QED) is 0.456. The smallest absolute Gasteiger partial charge is 0.324 e. The molecule has 0 saturated heterocycles. The number of ether oxygens (including phenoxy) is 1. The number of hydrogen-bond acceptors (Lipinski definition) is 6. The van der Waals surface area contributed by atoms with Crippen molar-refractivity contribution in [2.45, 2.75) is 30.8 Å². The third-order valence-electron chi connectivity index (χ3n) is 4.48. The highest BCUT2D eigenvalue weighted by atomic mass is 35.5. The second-order valence-corrected chi connectivity index (χ2v) is 9.53. The van der Waals surface area contributed by atoms with E-state index in [0.29, 0.717) is 11.3 Å². The zero-order valence-electron chi connectivity index (χ0n) is 17.1. The summed E-state index contributed by atoms with van der Waals surface area (Å²) in [4.78, 5) is 24.1. The highest BCUT2D eigenvalue weighted by Crippen LogP contribution is 2.25. The maximum Gasteiger partial charge on any atom is 0.324 e. The Bertz CT molecular complexity index is 1230. The van der Waals surface area contributed by atoms with Gasteiger partial charge >= 0.3 is 5.97 Å². The molecule has 0 bridgehead atoms.